The Balaban J connectivity index is 2.33. The van der Waals surface area contributed by atoms with Crippen LogP contribution in [0.15, 0.2) is 24.3 Å². The van der Waals surface area contributed by atoms with Gasteiger partial charge in [-0.3, -0.25) is 0 Å². The number of hydrogen-bond donors (Lipinski definition) is 0. The minimum absolute atomic E-state index is 0.904. The first-order valence-electron chi connectivity index (χ1n) is 4.78. The van der Waals surface area contributed by atoms with E-state index in [9.17, 15) is 0 Å². The van der Waals surface area contributed by atoms with E-state index in [1.54, 1.807) is 5.19 Å². The summed E-state index contributed by atoms with van der Waals surface area (Å²) in [6, 6.07) is 12.2. The van der Waals surface area contributed by atoms with Crippen LogP contribution in [0.1, 0.15) is 12.0 Å². The summed E-state index contributed by atoms with van der Waals surface area (Å²) in [5.41, 5.74) is 1.42. The third kappa shape index (κ3) is 1.22. The lowest BCUT2D eigenvalue weighted by Gasteiger charge is -2.36. The molecule has 1 heterocycles. The van der Waals surface area contributed by atoms with Crippen LogP contribution in [0, 0.1) is 6.92 Å². The highest BCUT2D eigenvalue weighted by Gasteiger charge is 2.35. The quantitative estimate of drug-likeness (QED) is 0.577. The zero-order valence-corrected chi connectivity index (χ0v) is 8.93. The van der Waals surface area contributed by atoms with E-state index in [-0.39, 0.29) is 0 Å². The van der Waals surface area contributed by atoms with Crippen molar-refractivity contribution in [3.8, 4) is 0 Å². The molecule has 1 aromatic carbocycles. The van der Waals surface area contributed by atoms with E-state index in [0.29, 0.717) is 0 Å². The molecule has 64 valence electrons. The van der Waals surface area contributed by atoms with Gasteiger partial charge in [0.15, 0.2) is 0 Å². The van der Waals surface area contributed by atoms with Crippen molar-refractivity contribution in [1.82, 2.24) is 0 Å². The first-order valence-corrected chi connectivity index (χ1v) is 7.69. The molecule has 2 rings (SSSR count). The molecule has 0 nitrogen and oxygen atoms in total. The largest absolute Gasteiger partial charge is 0.0836 e. The number of benzene rings is 1. The Morgan fingerprint density at radius 3 is 2.50 bits per heavy atom. The van der Waals surface area contributed by atoms with Gasteiger partial charge in [0.1, 0.15) is 0 Å². The molecule has 1 aliphatic heterocycles. The molecular formula is C11H16Si. The molecule has 0 aliphatic carbocycles. The lowest BCUT2D eigenvalue weighted by atomic mass is 10.2. The van der Waals surface area contributed by atoms with Crippen molar-refractivity contribution >= 4 is 13.3 Å². The van der Waals surface area contributed by atoms with Crippen LogP contribution in [-0.2, 0) is 0 Å². The van der Waals surface area contributed by atoms with Gasteiger partial charge in [-0.05, 0) is 6.92 Å². The van der Waals surface area contributed by atoms with Gasteiger partial charge in [0, 0.05) is 0 Å². The summed E-state index contributed by atoms with van der Waals surface area (Å²) in [5, 5.41) is 1.67. The van der Waals surface area contributed by atoms with Gasteiger partial charge in [0.05, 0.1) is 8.07 Å². The Hall–Kier alpha value is -0.563. The molecular weight excluding hydrogens is 160 g/mol. The summed E-state index contributed by atoms with van der Waals surface area (Å²) in [6.45, 7) is 4.71. The van der Waals surface area contributed by atoms with E-state index in [0.717, 1.165) is 0 Å². The third-order valence-corrected chi connectivity index (χ3v) is 7.79. The van der Waals surface area contributed by atoms with Crippen molar-refractivity contribution < 1.29 is 0 Å². The molecule has 1 aliphatic rings. The molecule has 0 aromatic heterocycles. The lowest BCUT2D eigenvalue weighted by Crippen LogP contribution is -2.50. The fourth-order valence-corrected chi connectivity index (χ4v) is 5.08. The van der Waals surface area contributed by atoms with Gasteiger partial charge >= 0.3 is 0 Å². The minimum Gasteiger partial charge on any atom is -0.0652 e. The van der Waals surface area contributed by atoms with E-state index in [1.165, 1.54) is 24.1 Å². The summed E-state index contributed by atoms with van der Waals surface area (Å²) in [6.07, 6.45) is 1.47. The highest BCUT2D eigenvalue weighted by molar-refractivity contribution is 6.92. The van der Waals surface area contributed by atoms with Crippen LogP contribution in [0.5, 0.6) is 0 Å². The van der Waals surface area contributed by atoms with E-state index < -0.39 is 8.07 Å². The van der Waals surface area contributed by atoms with Crippen LogP contribution in [0.3, 0.4) is 0 Å². The van der Waals surface area contributed by atoms with E-state index in [4.69, 9.17) is 0 Å². The molecule has 1 heteroatoms. The summed E-state index contributed by atoms with van der Waals surface area (Å²) in [5.74, 6) is 0. The van der Waals surface area contributed by atoms with E-state index in [1.807, 2.05) is 0 Å². The highest BCUT2D eigenvalue weighted by atomic mass is 28.3. The molecule has 0 N–H and O–H groups in total. The molecule has 0 spiro atoms. The Morgan fingerprint density at radius 2 is 2.00 bits per heavy atom. The molecule has 1 saturated heterocycles. The molecule has 12 heavy (non-hydrogen) atoms. The van der Waals surface area contributed by atoms with Gasteiger partial charge in [0.2, 0.25) is 0 Å². The average Bonchev–Trinajstić information content (AvgIpc) is 2.00. The molecule has 0 amide bonds. The van der Waals surface area contributed by atoms with Gasteiger partial charge in [-0.25, -0.2) is 0 Å². The Bertz CT molecular complexity index is 287. The average molecular weight is 176 g/mol. The second kappa shape index (κ2) is 2.73. The predicted molar refractivity (Wildman–Crippen MR) is 56.7 cm³/mol. The topological polar surface area (TPSA) is 0 Å². The van der Waals surface area contributed by atoms with Crippen LogP contribution < -0.4 is 5.19 Å². The van der Waals surface area contributed by atoms with Gasteiger partial charge in [-0.1, -0.05) is 60.1 Å². The van der Waals surface area contributed by atoms with Gasteiger partial charge in [-0.2, -0.15) is 0 Å². The molecule has 0 atom stereocenters. The van der Waals surface area contributed by atoms with E-state index >= 15 is 0 Å². The maximum absolute atomic E-state index is 2.52. The normalized spacial score (nSPS) is 20.2. The van der Waals surface area contributed by atoms with Crippen LogP contribution in [0.4, 0.5) is 0 Å². The maximum atomic E-state index is 2.52. The van der Waals surface area contributed by atoms with Gasteiger partial charge in [-0.15, -0.1) is 0 Å². The summed E-state index contributed by atoms with van der Waals surface area (Å²) in [4.78, 5) is 0. The predicted octanol–water partition coefficient (Wildman–Crippen LogP) is 2.68. The Labute approximate surface area is 75.6 Å². The van der Waals surface area contributed by atoms with Crippen LogP contribution in [0.25, 0.3) is 0 Å². The number of rotatable bonds is 1. The fourth-order valence-electron chi connectivity index (χ4n) is 2.02. The molecule has 1 aromatic rings. The first kappa shape index (κ1) is 8.05. The van der Waals surface area contributed by atoms with E-state index in [2.05, 4.69) is 37.7 Å². The van der Waals surface area contributed by atoms with Crippen molar-refractivity contribution in [3.05, 3.63) is 29.8 Å². The van der Waals surface area contributed by atoms with Crippen molar-refractivity contribution in [1.29, 1.82) is 0 Å². The van der Waals surface area contributed by atoms with Gasteiger partial charge < -0.3 is 0 Å². The maximum Gasteiger partial charge on any atom is 0.0836 e. The van der Waals surface area contributed by atoms with Crippen molar-refractivity contribution in [2.75, 3.05) is 0 Å². The van der Waals surface area contributed by atoms with Crippen molar-refractivity contribution in [3.63, 3.8) is 0 Å². The highest BCUT2D eigenvalue weighted by Crippen LogP contribution is 2.31. The number of hydrogen-bond acceptors (Lipinski definition) is 0. The van der Waals surface area contributed by atoms with Crippen LogP contribution >= 0.6 is 0 Å². The standard InChI is InChI=1S/C11H16Si/c1-10-5-3-6-11(9-10)12(2)7-4-8-12/h3,5-6,9H,4,7-8H2,1-2H3. The van der Waals surface area contributed by atoms with Crippen LogP contribution in [0.2, 0.25) is 18.6 Å². The van der Waals surface area contributed by atoms with Crippen molar-refractivity contribution in [2.45, 2.75) is 32.0 Å². The third-order valence-electron chi connectivity index (χ3n) is 3.17. The molecule has 0 radical (unpaired) electrons. The fraction of sp³-hybridized carbons (Fsp3) is 0.455. The molecule has 1 fully saturated rings. The Morgan fingerprint density at radius 1 is 1.25 bits per heavy atom. The zero-order valence-electron chi connectivity index (χ0n) is 7.93. The second-order valence-electron chi connectivity index (χ2n) is 4.28. The Kier molecular flexibility index (Phi) is 1.84. The monoisotopic (exact) mass is 176 g/mol. The SMILES string of the molecule is Cc1cccc([Si]2(C)CCC2)c1. The minimum atomic E-state index is -0.904. The number of aryl methyl sites for hydroxylation is 1. The second-order valence-corrected chi connectivity index (χ2v) is 8.98. The summed E-state index contributed by atoms with van der Waals surface area (Å²) in [7, 11) is -0.904. The molecule has 0 saturated carbocycles. The molecule has 0 unspecified atom stereocenters. The molecule has 0 bridgehead atoms. The summed E-state index contributed by atoms with van der Waals surface area (Å²) >= 11 is 0. The van der Waals surface area contributed by atoms with Gasteiger partial charge in [0.25, 0.3) is 0 Å². The summed E-state index contributed by atoms with van der Waals surface area (Å²) < 4.78 is 0. The first-order chi connectivity index (χ1) is 5.71. The van der Waals surface area contributed by atoms with Crippen LogP contribution in [-0.4, -0.2) is 8.07 Å². The van der Waals surface area contributed by atoms with Crippen molar-refractivity contribution in [2.24, 2.45) is 0 Å². The zero-order chi connectivity index (χ0) is 8.60. The lowest BCUT2D eigenvalue weighted by molar-refractivity contribution is 0.917. The smallest absolute Gasteiger partial charge is 0.0652 e.